The van der Waals surface area contributed by atoms with E-state index in [2.05, 4.69) is 40.2 Å². The molecule has 0 amide bonds. The molecule has 0 saturated carbocycles. The van der Waals surface area contributed by atoms with E-state index in [0.29, 0.717) is 0 Å². The highest BCUT2D eigenvalue weighted by atomic mass is 32.1. The molecule has 0 bridgehead atoms. The Morgan fingerprint density at radius 2 is 1.95 bits per heavy atom. The summed E-state index contributed by atoms with van der Waals surface area (Å²) in [5.74, 6) is 0. The van der Waals surface area contributed by atoms with Gasteiger partial charge in [-0.2, -0.15) is 0 Å². The van der Waals surface area contributed by atoms with Crippen LogP contribution in [0.25, 0.3) is 0 Å². The maximum Gasteiger partial charge on any atom is 0.113 e. The van der Waals surface area contributed by atoms with Gasteiger partial charge in [-0.1, -0.05) is 30.3 Å². The van der Waals surface area contributed by atoms with E-state index in [1.807, 2.05) is 11.6 Å². The molecule has 3 rings (SSSR count). The fourth-order valence-electron chi connectivity index (χ4n) is 2.63. The third kappa shape index (κ3) is 2.86. The smallest absolute Gasteiger partial charge is 0.113 e. The number of likely N-dealkylation sites (tertiary alicyclic amines) is 1. The number of nitrogens with zero attached hydrogens (tertiary/aromatic N) is 2. The molecule has 0 unspecified atom stereocenters. The molecular formula is C15H19N3S. The predicted octanol–water partition coefficient (Wildman–Crippen LogP) is 2.59. The maximum absolute atomic E-state index is 6.50. The van der Waals surface area contributed by atoms with Crippen LogP contribution in [0.1, 0.15) is 23.4 Å². The van der Waals surface area contributed by atoms with Crippen molar-refractivity contribution in [3.63, 3.8) is 0 Å². The summed E-state index contributed by atoms with van der Waals surface area (Å²) in [5.41, 5.74) is 7.67. The molecule has 1 aromatic carbocycles. The average Bonchev–Trinajstić information content (AvgIpc) is 2.98. The van der Waals surface area contributed by atoms with Gasteiger partial charge in [-0.3, -0.25) is 4.90 Å². The van der Waals surface area contributed by atoms with Crippen LogP contribution < -0.4 is 5.73 Å². The van der Waals surface area contributed by atoms with Gasteiger partial charge in [0.2, 0.25) is 0 Å². The second-order valence-electron chi connectivity index (χ2n) is 5.26. The standard InChI is InChI=1S/C15H19N3S/c16-15(14-17-8-11-19-14)6-9-18(10-7-15)12-13-4-2-1-3-5-13/h1-5,8,11H,6-7,9-10,12,16H2. The van der Waals surface area contributed by atoms with E-state index in [9.17, 15) is 0 Å². The molecule has 2 N–H and O–H groups in total. The maximum atomic E-state index is 6.50. The summed E-state index contributed by atoms with van der Waals surface area (Å²) in [6, 6.07) is 10.6. The van der Waals surface area contributed by atoms with Crippen LogP contribution in [0.15, 0.2) is 41.9 Å². The van der Waals surface area contributed by atoms with E-state index >= 15 is 0 Å². The zero-order valence-corrected chi connectivity index (χ0v) is 11.8. The van der Waals surface area contributed by atoms with Crippen LogP contribution >= 0.6 is 11.3 Å². The quantitative estimate of drug-likeness (QED) is 0.934. The topological polar surface area (TPSA) is 42.1 Å². The lowest BCUT2D eigenvalue weighted by Crippen LogP contribution is -2.47. The average molecular weight is 273 g/mol. The summed E-state index contributed by atoms with van der Waals surface area (Å²) < 4.78 is 0. The lowest BCUT2D eigenvalue weighted by molar-refractivity contribution is 0.155. The number of benzene rings is 1. The van der Waals surface area contributed by atoms with Gasteiger partial charge in [-0.05, 0) is 18.4 Å². The molecule has 1 fully saturated rings. The Labute approximate surface area is 118 Å². The van der Waals surface area contributed by atoms with Crippen molar-refractivity contribution in [2.24, 2.45) is 5.73 Å². The third-order valence-corrected chi connectivity index (χ3v) is 4.85. The number of thiazole rings is 1. The fraction of sp³-hybridized carbons (Fsp3) is 0.400. The molecule has 0 radical (unpaired) electrons. The van der Waals surface area contributed by atoms with Gasteiger partial charge in [0.05, 0.1) is 5.54 Å². The summed E-state index contributed by atoms with van der Waals surface area (Å²) in [7, 11) is 0. The lowest BCUT2D eigenvalue weighted by Gasteiger charge is -2.37. The van der Waals surface area contributed by atoms with Crippen molar-refractivity contribution < 1.29 is 0 Å². The van der Waals surface area contributed by atoms with Crippen LogP contribution in [0.4, 0.5) is 0 Å². The van der Waals surface area contributed by atoms with E-state index < -0.39 is 0 Å². The Balaban J connectivity index is 1.61. The van der Waals surface area contributed by atoms with Crippen molar-refractivity contribution in [1.82, 2.24) is 9.88 Å². The van der Waals surface area contributed by atoms with Gasteiger partial charge < -0.3 is 5.73 Å². The Kier molecular flexibility index (Phi) is 3.64. The highest BCUT2D eigenvalue weighted by Crippen LogP contribution is 2.31. The monoisotopic (exact) mass is 273 g/mol. The van der Waals surface area contributed by atoms with E-state index in [0.717, 1.165) is 37.5 Å². The SMILES string of the molecule is NC1(c2nccs2)CCN(Cc2ccccc2)CC1. The van der Waals surface area contributed by atoms with Gasteiger partial charge in [0, 0.05) is 31.2 Å². The summed E-state index contributed by atoms with van der Waals surface area (Å²) in [4.78, 5) is 6.88. The van der Waals surface area contributed by atoms with Crippen LogP contribution in [-0.4, -0.2) is 23.0 Å². The van der Waals surface area contributed by atoms with Crippen molar-refractivity contribution in [1.29, 1.82) is 0 Å². The molecule has 100 valence electrons. The summed E-state index contributed by atoms with van der Waals surface area (Å²) >= 11 is 1.68. The van der Waals surface area contributed by atoms with E-state index in [-0.39, 0.29) is 5.54 Å². The van der Waals surface area contributed by atoms with Gasteiger partial charge in [-0.15, -0.1) is 11.3 Å². The number of rotatable bonds is 3. The van der Waals surface area contributed by atoms with Gasteiger partial charge in [0.25, 0.3) is 0 Å². The second kappa shape index (κ2) is 5.41. The molecule has 1 saturated heterocycles. The first-order valence-electron chi connectivity index (χ1n) is 6.71. The summed E-state index contributed by atoms with van der Waals surface area (Å²) in [6.07, 6.45) is 3.84. The van der Waals surface area contributed by atoms with E-state index in [1.54, 1.807) is 11.3 Å². The molecule has 0 atom stereocenters. The zero-order valence-electron chi connectivity index (χ0n) is 11.0. The number of nitrogens with two attached hydrogens (primary N) is 1. The molecule has 19 heavy (non-hydrogen) atoms. The van der Waals surface area contributed by atoms with Gasteiger partial charge in [0.1, 0.15) is 5.01 Å². The number of hydrogen-bond donors (Lipinski definition) is 1. The summed E-state index contributed by atoms with van der Waals surface area (Å²) in [6.45, 7) is 3.12. The molecular weight excluding hydrogens is 254 g/mol. The van der Waals surface area contributed by atoms with Crippen molar-refractivity contribution in [2.75, 3.05) is 13.1 Å². The lowest BCUT2D eigenvalue weighted by atomic mass is 9.89. The Morgan fingerprint density at radius 3 is 2.58 bits per heavy atom. The van der Waals surface area contributed by atoms with Crippen molar-refractivity contribution >= 4 is 11.3 Å². The molecule has 4 heteroatoms. The van der Waals surface area contributed by atoms with Crippen LogP contribution in [0.5, 0.6) is 0 Å². The Morgan fingerprint density at radius 1 is 1.21 bits per heavy atom. The van der Waals surface area contributed by atoms with Gasteiger partial charge >= 0.3 is 0 Å². The van der Waals surface area contributed by atoms with Crippen molar-refractivity contribution in [3.05, 3.63) is 52.5 Å². The van der Waals surface area contributed by atoms with Crippen molar-refractivity contribution in [3.8, 4) is 0 Å². The molecule has 1 aliphatic rings. The molecule has 1 aliphatic heterocycles. The van der Waals surface area contributed by atoms with Crippen molar-refractivity contribution in [2.45, 2.75) is 24.9 Å². The predicted molar refractivity (Wildman–Crippen MR) is 78.9 cm³/mol. The molecule has 1 aromatic heterocycles. The van der Waals surface area contributed by atoms with E-state index in [1.165, 1.54) is 5.56 Å². The highest BCUT2D eigenvalue weighted by Gasteiger charge is 2.34. The second-order valence-corrected chi connectivity index (χ2v) is 6.15. The minimum Gasteiger partial charge on any atom is -0.319 e. The first kappa shape index (κ1) is 12.8. The molecule has 2 aromatic rings. The molecule has 0 aliphatic carbocycles. The molecule has 2 heterocycles. The van der Waals surface area contributed by atoms with Crippen LogP contribution in [0.3, 0.4) is 0 Å². The third-order valence-electron chi connectivity index (χ3n) is 3.86. The highest BCUT2D eigenvalue weighted by molar-refractivity contribution is 7.09. The van der Waals surface area contributed by atoms with Crippen LogP contribution in [-0.2, 0) is 12.1 Å². The van der Waals surface area contributed by atoms with Gasteiger partial charge in [0.15, 0.2) is 0 Å². The van der Waals surface area contributed by atoms with E-state index in [4.69, 9.17) is 5.73 Å². The zero-order chi connectivity index (χ0) is 13.1. The molecule has 3 nitrogen and oxygen atoms in total. The Hall–Kier alpha value is -1.23. The van der Waals surface area contributed by atoms with Crippen LogP contribution in [0, 0.1) is 0 Å². The Bertz CT molecular complexity index is 501. The van der Waals surface area contributed by atoms with Gasteiger partial charge in [-0.25, -0.2) is 4.98 Å². The first-order chi connectivity index (χ1) is 9.26. The number of hydrogen-bond acceptors (Lipinski definition) is 4. The largest absolute Gasteiger partial charge is 0.319 e. The minimum absolute atomic E-state index is 0.207. The minimum atomic E-state index is -0.207. The normalized spacial score (nSPS) is 19.4. The summed E-state index contributed by atoms with van der Waals surface area (Å²) in [5, 5.41) is 3.10. The van der Waals surface area contributed by atoms with Crippen LogP contribution in [0.2, 0.25) is 0 Å². The fourth-order valence-corrected chi connectivity index (χ4v) is 3.45. The molecule has 0 spiro atoms. The number of aromatic nitrogens is 1. The number of piperidine rings is 1. The first-order valence-corrected chi connectivity index (χ1v) is 7.59.